The van der Waals surface area contributed by atoms with Crippen LogP contribution in [0.25, 0.3) is 0 Å². The first-order valence-corrected chi connectivity index (χ1v) is 10.7. The number of rotatable bonds is 6. The predicted octanol–water partition coefficient (Wildman–Crippen LogP) is 4.96. The number of halogens is 1. The van der Waals surface area contributed by atoms with Gasteiger partial charge in [-0.05, 0) is 48.2 Å². The minimum Gasteiger partial charge on any atom is -0.479 e. The van der Waals surface area contributed by atoms with E-state index in [0.717, 1.165) is 16.7 Å². The lowest BCUT2D eigenvalue weighted by Crippen LogP contribution is -2.41. The molecule has 7 heteroatoms. The van der Waals surface area contributed by atoms with E-state index in [-0.39, 0.29) is 12.4 Å². The van der Waals surface area contributed by atoms with Gasteiger partial charge in [0, 0.05) is 12.1 Å². The molecule has 0 fully saturated rings. The van der Waals surface area contributed by atoms with E-state index >= 15 is 0 Å². The van der Waals surface area contributed by atoms with E-state index in [1.54, 1.807) is 4.90 Å². The van der Waals surface area contributed by atoms with Crippen LogP contribution in [0.5, 0.6) is 5.75 Å². The second kappa shape index (κ2) is 9.73. The number of carbonyl (C=O) groups excluding carboxylic acids is 1. The lowest BCUT2D eigenvalue weighted by molar-refractivity contribution is -0.144. The van der Waals surface area contributed by atoms with Gasteiger partial charge < -0.3 is 14.6 Å². The van der Waals surface area contributed by atoms with Gasteiger partial charge in [-0.25, -0.2) is 14.0 Å². The second-order valence-electron chi connectivity index (χ2n) is 7.87. The van der Waals surface area contributed by atoms with Gasteiger partial charge in [0.15, 0.2) is 6.10 Å². The molecule has 4 rings (SSSR count). The zero-order chi connectivity index (χ0) is 23.4. The van der Waals surface area contributed by atoms with Crippen molar-refractivity contribution in [3.8, 4) is 5.75 Å². The topological polar surface area (TPSA) is 76.1 Å². The molecule has 0 bridgehead atoms. The molecule has 6 nitrogen and oxygen atoms in total. The Morgan fingerprint density at radius 3 is 2.55 bits per heavy atom. The van der Waals surface area contributed by atoms with Crippen LogP contribution in [0.1, 0.15) is 35.2 Å². The summed E-state index contributed by atoms with van der Waals surface area (Å²) in [5.74, 6) is -1.46. The number of benzene rings is 3. The van der Waals surface area contributed by atoms with Gasteiger partial charge in [0.05, 0.1) is 6.04 Å². The Morgan fingerprint density at radius 1 is 1.06 bits per heavy atom. The Hall–Kier alpha value is -3.87. The third-order valence-corrected chi connectivity index (χ3v) is 5.64. The fourth-order valence-corrected chi connectivity index (χ4v) is 3.98. The SMILES string of the molecule is C[C@H](Oc1ccc(F)cc1[C@@H]1c2ccccc2CCN1C(=O)OCc1ccccc1)C(=O)O. The molecule has 0 spiro atoms. The van der Waals surface area contributed by atoms with Crippen molar-refractivity contribution in [2.75, 3.05) is 6.54 Å². The van der Waals surface area contributed by atoms with Crippen LogP contribution in [0.2, 0.25) is 0 Å². The molecule has 0 saturated heterocycles. The van der Waals surface area contributed by atoms with E-state index in [0.29, 0.717) is 18.5 Å². The summed E-state index contributed by atoms with van der Waals surface area (Å²) in [6, 6.07) is 20.1. The van der Waals surface area contributed by atoms with E-state index in [9.17, 15) is 19.1 Å². The maximum Gasteiger partial charge on any atom is 0.410 e. The molecule has 1 aliphatic rings. The first-order chi connectivity index (χ1) is 15.9. The zero-order valence-corrected chi connectivity index (χ0v) is 18.1. The Morgan fingerprint density at radius 2 is 1.79 bits per heavy atom. The zero-order valence-electron chi connectivity index (χ0n) is 18.1. The average molecular weight is 449 g/mol. The van der Waals surface area contributed by atoms with Gasteiger partial charge in [0.1, 0.15) is 18.2 Å². The number of amides is 1. The van der Waals surface area contributed by atoms with Gasteiger partial charge in [-0.15, -0.1) is 0 Å². The fraction of sp³-hybridized carbons (Fsp3) is 0.231. The summed E-state index contributed by atoms with van der Waals surface area (Å²) < 4.78 is 25.6. The minimum absolute atomic E-state index is 0.104. The van der Waals surface area contributed by atoms with Crippen molar-refractivity contribution < 1.29 is 28.6 Å². The summed E-state index contributed by atoms with van der Waals surface area (Å²) in [6.07, 6.45) is -1.07. The highest BCUT2D eigenvalue weighted by Gasteiger charge is 2.35. The summed E-state index contributed by atoms with van der Waals surface area (Å²) in [5, 5.41) is 9.29. The van der Waals surface area contributed by atoms with Crippen LogP contribution in [0.4, 0.5) is 9.18 Å². The molecule has 0 radical (unpaired) electrons. The van der Waals surface area contributed by atoms with Gasteiger partial charge in [-0.2, -0.15) is 0 Å². The Bertz CT molecular complexity index is 1150. The standard InChI is InChI=1S/C26H24FNO5/c1-17(25(29)30)33-23-12-11-20(27)15-22(23)24-21-10-6-5-9-19(21)13-14-28(24)26(31)32-16-18-7-3-2-4-8-18/h2-12,15,17,24H,13-14,16H2,1H3,(H,29,30)/t17-,24-/m0/s1. The van der Waals surface area contributed by atoms with Gasteiger partial charge in [-0.1, -0.05) is 54.6 Å². The largest absolute Gasteiger partial charge is 0.479 e. The van der Waals surface area contributed by atoms with Crippen LogP contribution in [0, 0.1) is 5.82 Å². The first-order valence-electron chi connectivity index (χ1n) is 10.7. The van der Waals surface area contributed by atoms with E-state index in [1.165, 1.54) is 25.1 Å². The van der Waals surface area contributed by atoms with Gasteiger partial charge >= 0.3 is 12.1 Å². The van der Waals surface area contributed by atoms with Gasteiger partial charge in [0.25, 0.3) is 0 Å². The molecule has 0 saturated carbocycles. The third kappa shape index (κ3) is 4.98. The number of ether oxygens (including phenoxy) is 2. The van der Waals surface area contributed by atoms with E-state index < -0.39 is 30.0 Å². The van der Waals surface area contributed by atoms with E-state index in [2.05, 4.69) is 0 Å². The summed E-state index contributed by atoms with van der Waals surface area (Å²) >= 11 is 0. The van der Waals surface area contributed by atoms with Crippen LogP contribution in [-0.4, -0.2) is 34.7 Å². The number of aliphatic carboxylic acids is 1. The van der Waals surface area contributed by atoms with E-state index in [1.807, 2.05) is 54.6 Å². The Balaban J connectivity index is 1.71. The van der Waals surface area contributed by atoms with Gasteiger partial charge in [-0.3, -0.25) is 4.90 Å². The molecule has 0 unspecified atom stereocenters. The summed E-state index contributed by atoms with van der Waals surface area (Å²) in [7, 11) is 0. The lowest BCUT2D eigenvalue weighted by atomic mass is 9.88. The summed E-state index contributed by atoms with van der Waals surface area (Å²) in [6.45, 7) is 1.86. The second-order valence-corrected chi connectivity index (χ2v) is 7.87. The lowest BCUT2D eigenvalue weighted by Gasteiger charge is -2.37. The van der Waals surface area contributed by atoms with Gasteiger partial charge in [0.2, 0.25) is 0 Å². The highest BCUT2D eigenvalue weighted by molar-refractivity contribution is 5.73. The molecular formula is C26H24FNO5. The molecule has 3 aromatic rings. The number of carboxylic acids is 1. The molecule has 1 aliphatic heterocycles. The number of nitrogens with zero attached hydrogens (tertiary/aromatic N) is 1. The molecule has 0 aliphatic carbocycles. The molecule has 1 amide bonds. The highest BCUT2D eigenvalue weighted by atomic mass is 19.1. The predicted molar refractivity (Wildman–Crippen MR) is 119 cm³/mol. The highest BCUT2D eigenvalue weighted by Crippen LogP contribution is 2.40. The monoisotopic (exact) mass is 449 g/mol. The fourth-order valence-electron chi connectivity index (χ4n) is 3.98. The summed E-state index contributed by atoms with van der Waals surface area (Å²) in [5.41, 5.74) is 3.06. The molecule has 170 valence electrons. The van der Waals surface area contributed by atoms with Crippen molar-refractivity contribution in [3.63, 3.8) is 0 Å². The quantitative estimate of drug-likeness (QED) is 0.576. The maximum atomic E-state index is 14.4. The molecule has 0 aromatic heterocycles. The Labute approximate surface area is 191 Å². The molecule has 1 heterocycles. The maximum absolute atomic E-state index is 14.4. The number of hydrogen-bond acceptors (Lipinski definition) is 4. The number of fused-ring (bicyclic) bond motifs is 1. The van der Waals surface area contributed by atoms with Crippen LogP contribution in [0.3, 0.4) is 0 Å². The number of carboxylic acid groups (broad SMARTS) is 1. The van der Waals surface area contributed by atoms with Crippen molar-refractivity contribution in [1.82, 2.24) is 4.90 Å². The molecule has 2 atom stereocenters. The normalized spacial score (nSPS) is 15.9. The van der Waals surface area contributed by atoms with Crippen LogP contribution >= 0.6 is 0 Å². The van der Waals surface area contributed by atoms with Crippen molar-refractivity contribution in [2.45, 2.75) is 32.1 Å². The van der Waals surface area contributed by atoms with Crippen LogP contribution < -0.4 is 4.74 Å². The molecule has 1 N–H and O–H groups in total. The molecule has 33 heavy (non-hydrogen) atoms. The summed E-state index contributed by atoms with van der Waals surface area (Å²) in [4.78, 5) is 26.1. The minimum atomic E-state index is -1.15. The van der Waals surface area contributed by atoms with Crippen molar-refractivity contribution in [3.05, 3.63) is 101 Å². The smallest absolute Gasteiger partial charge is 0.410 e. The first kappa shape index (κ1) is 22.3. The van der Waals surface area contributed by atoms with Crippen LogP contribution in [-0.2, 0) is 22.6 Å². The average Bonchev–Trinajstić information content (AvgIpc) is 2.83. The van der Waals surface area contributed by atoms with E-state index in [4.69, 9.17) is 9.47 Å². The van der Waals surface area contributed by atoms with Crippen LogP contribution in [0.15, 0.2) is 72.8 Å². The molecule has 3 aromatic carbocycles. The van der Waals surface area contributed by atoms with Crippen molar-refractivity contribution in [2.24, 2.45) is 0 Å². The number of hydrogen-bond donors (Lipinski definition) is 1. The Kier molecular flexibility index (Phi) is 6.58. The third-order valence-electron chi connectivity index (χ3n) is 5.64. The van der Waals surface area contributed by atoms with Crippen molar-refractivity contribution >= 4 is 12.1 Å². The van der Waals surface area contributed by atoms with Crippen molar-refractivity contribution in [1.29, 1.82) is 0 Å². The molecular weight excluding hydrogens is 425 g/mol. The number of carbonyl (C=O) groups is 2.